The summed E-state index contributed by atoms with van der Waals surface area (Å²) in [6.45, 7) is 0. The summed E-state index contributed by atoms with van der Waals surface area (Å²) in [7, 11) is 0. The van der Waals surface area contributed by atoms with Crippen LogP contribution in [0, 0.1) is 0 Å². The monoisotopic (exact) mass is 356 g/mol. The van der Waals surface area contributed by atoms with Crippen LogP contribution in [0.1, 0.15) is 0 Å². The summed E-state index contributed by atoms with van der Waals surface area (Å²) in [5.41, 5.74) is 0. The van der Waals surface area contributed by atoms with Crippen molar-refractivity contribution in [1.29, 1.82) is 0 Å². The summed E-state index contributed by atoms with van der Waals surface area (Å²) in [6, 6.07) is 10.8. The summed E-state index contributed by atoms with van der Waals surface area (Å²) in [5, 5.41) is 1.91. The first-order valence-electron chi connectivity index (χ1n) is 4.69. The van der Waals surface area contributed by atoms with Gasteiger partial charge in [-0.05, 0) is 24.3 Å². The van der Waals surface area contributed by atoms with E-state index in [1.807, 2.05) is 24.3 Å². The first kappa shape index (κ1) is 16.4. The van der Waals surface area contributed by atoms with Crippen LogP contribution >= 0.6 is 71.7 Å². The van der Waals surface area contributed by atoms with Gasteiger partial charge in [0.25, 0.3) is 0 Å². The average molecular weight is 358 g/mol. The number of thiol groups is 2. The van der Waals surface area contributed by atoms with Crippen molar-refractivity contribution in [1.82, 2.24) is 0 Å². The summed E-state index contributed by atoms with van der Waals surface area (Å²) in [5.74, 6) is 0. The molecule has 2 aromatic rings. The van der Waals surface area contributed by atoms with Crippen molar-refractivity contribution in [3.05, 3.63) is 56.5 Å². The Labute approximate surface area is 137 Å². The van der Waals surface area contributed by atoms with Crippen molar-refractivity contribution >= 4 is 71.7 Å². The molecule has 0 heterocycles. The zero-order valence-corrected chi connectivity index (χ0v) is 13.7. The topological polar surface area (TPSA) is 0 Å². The third kappa shape index (κ3) is 4.76. The van der Waals surface area contributed by atoms with Crippen LogP contribution in [0.5, 0.6) is 0 Å². The highest BCUT2D eigenvalue weighted by Gasteiger charge is 2.04. The molecular formula is C12H8Cl4S2. The Bertz CT molecular complexity index is 496. The van der Waals surface area contributed by atoms with Gasteiger partial charge in [-0.3, -0.25) is 0 Å². The standard InChI is InChI=1S/C6H3Cl3S.C6H5ClS/c7-3-1-2-4(10)6(9)5(3)8;7-5-3-1-2-4-6(5)8/h1-2,10H;1-4,8H. The van der Waals surface area contributed by atoms with Crippen LogP contribution in [-0.4, -0.2) is 0 Å². The molecule has 96 valence electrons. The normalized spacial score (nSPS) is 9.67. The molecule has 0 saturated carbocycles. The highest BCUT2D eigenvalue weighted by molar-refractivity contribution is 7.80. The van der Waals surface area contributed by atoms with Crippen molar-refractivity contribution in [2.75, 3.05) is 0 Å². The molecule has 0 aliphatic heterocycles. The summed E-state index contributed by atoms with van der Waals surface area (Å²) < 4.78 is 0. The fourth-order valence-electron chi connectivity index (χ4n) is 0.967. The Balaban J connectivity index is 0.000000184. The van der Waals surface area contributed by atoms with E-state index in [1.165, 1.54) is 0 Å². The second-order valence-electron chi connectivity index (χ2n) is 3.15. The number of rotatable bonds is 0. The average Bonchev–Trinajstić information content (AvgIpc) is 2.36. The lowest BCUT2D eigenvalue weighted by molar-refractivity contribution is 1.48. The molecule has 0 aromatic heterocycles. The highest BCUT2D eigenvalue weighted by atomic mass is 35.5. The van der Waals surface area contributed by atoms with Gasteiger partial charge in [0, 0.05) is 9.79 Å². The minimum Gasteiger partial charge on any atom is -0.142 e. The fourth-order valence-corrected chi connectivity index (χ4v) is 2.05. The van der Waals surface area contributed by atoms with Crippen molar-refractivity contribution in [2.24, 2.45) is 0 Å². The first-order valence-corrected chi connectivity index (χ1v) is 7.10. The Morgan fingerprint density at radius 3 is 1.67 bits per heavy atom. The minimum atomic E-state index is 0.357. The van der Waals surface area contributed by atoms with Crippen LogP contribution in [0.2, 0.25) is 20.1 Å². The number of halogens is 4. The fraction of sp³-hybridized carbons (Fsp3) is 0. The van der Waals surface area contributed by atoms with Crippen molar-refractivity contribution in [2.45, 2.75) is 9.79 Å². The number of benzene rings is 2. The molecule has 0 spiro atoms. The molecule has 0 bridgehead atoms. The van der Waals surface area contributed by atoms with Crippen LogP contribution in [-0.2, 0) is 0 Å². The quantitative estimate of drug-likeness (QED) is 0.387. The maximum atomic E-state index is 5.69. The second-order valence-corrected chi connectivity index (χ2v) is 5.68. The molecule has 0 atom stereocenters. The molecule has 0 unspecified atom stereocenters. The van der Waals surface area contributed by atoms with Crippen LogP contribution in [0.25, 0.3) is 0 Å². The molecular weight excluding hydrogens is 350 g/mol. The largest absolute Gasteiger partial charge is 0.142 e. The molecule has 2 rings (SSSR count). The molecule has 18 heavy (non-hydrogen) atoms. The Morgan fingerprint density at radius 2 is 1.22 bits per heavy atom. The Kier molecular flexibility index (Phi) is 7.07. The van der Waals surface area contributed by atoms with E-state index in [2.05, 4.69) is 25.3 Å². The smallest absolute Gasteiger partial charge is 0.0789 e. The molecule has 0 N–H and O–H groups in total. The molecule has 0 fully saturated rings. The third-order valence-electron chi connectivity index (χ3n) is 1.87. The predicted octanol–water partition coefficient (Wildman–Crippen LogP) is 6.56. The van der Waals surface area contributed by atoms with Crippen molar-refractivity contribution in [3.63, 3.8) is 0 Å². The zero-order chi connectivity index (χ0) is 13.7. The van der Waals surface area contributed by atoms with Gasteiger partial charge in [0.1, 0.15) is 0 Å². The SMILES string of the molecule is Sc1ccc(Cl)c(Cl)c1Cl.Sc1ccccc1Cl. The van der Waals surface area contributed by atoms with Gasteiger partial charge in [-0.2, -0.15) is 0 Å². The van der Waals surface area contributed by atoms with Gasteiger partial charge in [-0.1, -0.05) is 58.5 Å². The van der Waals surface area contributed by atoms with Gasteiger partial charge in [0.2, 0.25) is 0 Å². The van der Waals surface area contributed by atoms with Gasteiger partial charge >= 0.3 is 0 Å². The van der Waals surface area contributed by atoms with Crippen LogP contribution < -0.4 is 0 Å². The third-order valence-corrected chi connectivity index (χ3v) is 4.52. The summed E-state index contributed by atoms with van der Waals surface area (Å²) in [6.07, 6.45) is 0. The van der Waals surface area contributed by atoms with E-state index < -0.39 is 0 Å². The molecule has 0 amide bonds. The Morgan fingerprint density at radius 1 is 0.611 bits per heavy atom. The van der Waals surface area contributed by atoms with Gasteiger partial charge in [-0.25, -0.2) is 0 Å². The zero-order valence-electron chi connectivity index (χ0n) is 8.87. The summed E-state index contributed by atoms with van der Waals surface area (Å²) in [4.78, 5) is 1.46. The van der Waals surface area contributed by atoms with Crippen LogP contribution in [0.4, 0.5) is 0 Å². The molecule has 6 heteroatoms. The van der Waals surface area contributed by atoms with Gasteiger partial charge in [0.05, 0.1) is 20.1 Å². The van der Waals surface area contributed by atoms with Crippen LogP contribution in [0.3, 0.4) is 0 Å². The van der Waals surface area contributed by atoms with Crippen molar-refractivity contribution in [3.8, 4) is 0 Å². The van der Waals surface area contributed by atoms with E-state index in [4.69, 9.17) is 46.4 Å². The highest BCUT2D eigenvalue weighted by Crippen LogP contribution is 2.33. The Hall–Kier alpha value is 0.300. The first-order chi connectivity index (χ1) is 8.43. The lowest BCUT2D eigenvalue weighted by Gasteiger charge is -1.99. The lowest BCUT2D eigenvalue weighted by Crippen LogP contribution is -1.72. The number of hydrogen-bond acceptors (Lipinski definition) is 2. The lowest BCUT2D eigenvalue weighted by atomic mass is 10.4. The van der Waals surface area contributed by atoms with E-state index in [0.717, 1.165) is 4.90 Å². The van der Waals surface area contributed by atoms with E-state index in [-0.39, 0.29) is 0 Å². The maximum Gasteiger partial charge on any atom is 0.0789 e. The van der Waals surface area contributed by atoms with E-state index >= 15 is 0 Å². The van der Waals surface area contributed by atoms with Gasteiger partial charge in [-0.15, -0.1) is 25.3 Å². The van der Waals surface area contributed by atoms with Crippen molar-refractivity contribution < 1.29 is 0 Å². The van der Waals surface area contributed by atoms with E-state index in [1.54, 1.807) is 12.1 Å². The molecule has 0 aliphatic rings. The molecule has 0 saturated heterocycles. The second kappa shape index (κ2) is 7.78. The molecule has 0 radical (unpaired) electrons. The molecule has 0 aliphatic carbocycles. The van der Waals surface area contributed by atoms with E-state index in [0.29, 0.717) is 25.0 Å². The van der Waals surface area contributed by atoms with Gasteiger partial charge in [0.15, 0.2) is 0 Å². The molecule has 0 nitrogen and oxygen atoms in total. The summed E-state index contributed by atoms with van der Waals surface area (Å²) >= 11 is 30.7. The maximum absolute atomic E-state index is 5.69. The minimum absolute atomic E-state index is 0.357. The van der Waals surface area contributed by atoms with Crippen LogP contribution in [0.15, 0.2) is 46.2 Å². The number of hydrogen-bond donors (Lipinski definition) is 2. The predicted molar refractivity (Wildman–Crippen MR) is 87.4 cm³/mol. The van der Waals surface area contributed by atoms with Gasteiger partial charge < -0.3 is 0 Å². The molecule has 2 aromatic carbocycles. The van der Waals surface area contributed by atoms with E-state index in [9.17, 15) is 0 Å².